The SMILES string of the molecule is CO[C@@]1(C)C2=C(C(=O)[C@](C)(O)C13CC3)[C@H](O)[C@@](C)(CO)[C@@H]2O. The molecule has 3 rings (SSSR count). The Hall–Kier alpha value is -0.790. The molecule has 0 aromatic carbocycles. The molecule has 0 radical (unpaired) electrons. The fourth-order valence-corrected chi connectivity index (χ4v) is 4.64. The highest BCUT2D eigenvalue weighted by Crippen LogP contribution is 2.70. The molecule has 5 atom stereocenters. The first-order valence-electron chi connectivity index (χ1n) is 7.59. The number of ether oxygens (including phenoxy) is 1. The van der Waals surface area contributed by atoms with Crippen LogP contribution < -0.4 is 0 Å². The van der Waals surface area contributed by atoms with Gasteiger partial charge in [-0.1, -0.05) is 6.92 Å². The number of rotatable bonds is 2. The van der Waals surface area contributed by atoms with Crippen molar-refractivity contribution in [3.63, 3.8) is 0 Å². The van der Waals surface area contributed by atoms with Gasteiger partial charge in [0.15, 0.2) is 5.78 Å². The van der Waals surface area contributed by atoms with Crippen molar-refractivity contribution in [2.75, 3.05) is 13.7 Å². The topological polar surface area (TPSA) is 107 Å². The van der Waals surface area contributed by atoms with Gasteiger partial charge >= 0.3 is 0 Å². The Labute approximate surface area is 129 Å². The molecule has 6 nitrogen and oxygen atoms in total. The predicted molar refractivity (Wildman–Crippen MR) is 76.9 cm³/mol. The molecule has 0 amide bonds. The number of aliphatic hydroxyl groups excluding tert-OH is 3. The lowest BCUT2D eigenvalue weighted by Gasteiger charge is -2.50. The molecule has 0 unspecified atom stereocenters. The average Bonchev–Trinajstić information content (AvgIpc) is 3.27. The molecule has 6 heteroatoms. The minimum Gasteiger partial charge on any atom is -0.396 e. The van der Waals surface area contributed by atoms with E-state index in [4.69, 9.17) is 4.74 Å². The maximum Gasteiger partial charge on any atom is 0.193 e. The summed E-state index contributed by atoms with van der Waals surface area (Å²) >= 11 is 0. The molecule has 124 valence electrons. The number of aliphatic hydroxyl groups is 4. The smallest absolute Gasteiger partial charge is 0.193 e. The van der Waals surface area contributed by atoms with Crippen LogP contribution in [-0.4, -0.2) is 63.3 Å². The average molecular weight is 312 g/mol. The maximum atomic E-state index is 12.8. The van der Waals surface area contributed by atoms with Crippen LogP contribution in [0.15, 0.2) is 11.1 Å². The second-order valence-electron chi connectivity index (χ2n) is 7.52. The summed E-state index contributed by atoms with van der Waals surface area (Å²) in [6.45, 7) is 4.25. The van der Waals surface area contributed by atoms with Gasteiger partial charge in [-0.05, 0) is 26.7 Å². The minimum absolute atomic E-state index is 0.00377. The molecule has 1 saturated carbocycles. The lowest BCUT2D eigenvalue weighted by atomic mass is 9.61. The summed E-state index contributed by atoms with van der Waals surface area (Å²) in [5.74, 6) is -0.571. The Kier molecular flexibility index (Phi) is 3.06. The zero-order chi connectivity index (χ0) is 16.7. The Balaban J connectivity index is 2.29. The Morgan fingerprint density at radius 2 is 1.73 bits per heavy atom. The monoisotopic (exact) mass is 312 g/mol. The van der Waals surface area contributed by atoms with Crippen LogP contribution in [0, 0.1) is 10.8 Å². The van der Waals surface area contributed by atoms with Crippen molar-refractivity contribution >= 4 is 5.78 Å². The largest absolute Gasteiger partial charge is 0.396 e. The number of carbonyl (C=O) groups is 1. The first kappa shape index (κ1) is 16.1. The fraction of sp³-hybridized carbons (Fsp3) is 0.812. The predicted octanol–water partition coefficient (Wildman–Crippen LogP) is -0.464. The second kappa shape index (κ2) is 4.19. The van der Waals surface area contributed by atoms with E-state index in [1.54, 1.807) is 6.92 Å². The molecule has 0 aromatic heterocycles. The van der Waals surface area contributed by atoms with E-state index < -0.39 is 46.6 Å². The molecule has 0 saturated heterocycles. The first-order valence-corrected chi connectivity index (χ1v) is 7.59. The van der Waals surface area contributed by atoms with Crippen molar-refractivity contribution in [2.24, 2.45) is 10.8 Å². The maximum absolute atomic E-state index is 12.8. The molecule has 4 N–H and O–H groups in total. The van der Waals surface area contributed by atoms with Gasteiger partial charge in [0.25, 0.3) is 0 Å². The highest BCUT2D eigenvalue weighted by Gasteiger charge is 2.77. The normalized spacial score (nSPS) is 49.7. The molecule has 1 fully saturated rings. The van der Waals surface area contributed by atoms with E-state index >= 15 is 0 Å². The van der Waals surface area contributed by atoms with Crippen LogP contribution in [0.5, 0.6) is 0 Å². The minimum atomic E-state index is -1.67. The van der Waals surface area contributed by atoms with Gasteiger partial charge in [-0.15, -0.1) is 0 Å². The lowest BCUT2D eigenvalue weighted by Crippen LogP contribution is -2.62. The zero-order valence-electron chi connectivity index (χ0n) is 13.4. The molecule has 0 heterocycles. The summed E-state index contributed by atoms with van der Waals surface area (Å²) in [5, 5.41) is 41.8. The molecule has 22 heavy (non-hydrogen) atoms. The van der Waals surface area contributed by atoms with Crippen LogP contribution in [0.3, 0.4) is 0 Å². The molecule has 1 spiro atoms. The van der Waals surface area contributed by atoms with Crippen molar-refractivity contribution < 1.29 is 30.0 Å². The van der Waals surface area contributed by atoms with Gasteiger partial charge in [-0.3, -0.25) is 4.79 Å². The van der Waals surface area contributed by atoms with E-state index in [0.717, 1.165) is 0 Å². The lowest BCUT2D eigenvalue weighted by molar-refractivity contribution is -0.165. The van der Waals surface area contributed by atoms with Crippen LogP contribution in [0.2, 0.25) is 0 Å². The third-order valence-corrected chi connectivity index (χ3v) is 6.63. The first-order chi connectivity index (χ1) is 10.0. The van der Waals surface area contributed by atoms with Gasteiger partial charge in [0.2, 0.25) is 0 Å². The number of ketones is 1. The summed E-state index contributed by atoms with van der Waals surface area (Å²) in [5.41, 5.74) is -4.50. The summed E-state index contributed by atoms with van der Waals surface area (Å²) in [6.07, 6.45) is -1.34. The third kappa shape index (κ3) is 1.37. The van der Waals surface area contributed by atoms with E-state index in [1.807, 2.05) is 0 Å². The van der Waals surface area contributed by atoms with Gasteiger partial charge in [0.05, 0.1) is 29.8 Å². The summed E-state index contributed by atoms with van der Waals surface area (Å²) in [4.78, 5) is 12.8. The summed E-state index contributed by atoms with van der Waals surface area (Å²) in [7, 11) is 1.48. The molecule has 0 aliphatic heterocycles. The molecule has 3 aliphatic rings. The fourth-order valence-electron chi connectivity index (χ4n) is 4.64. The quantitative estimate of drug-likeness (QED) is 0.549. The van der Waals surface area contributed by atoms with E-state index in [9.17, 15) is 25.2 Å². The molecule has 3 aliphatic carbocycles. The van der Waals surface area contributed by atoms with Crippen molar-refractivity contribution in [3.8, 4) is 0 Å². The Bertz CT molecular complexity index is 575. The van der Waals surface area contributed by atoms with Crippen molar-refractivity contribution in [1.82, 2.24) is 0 Å². The molecular weight excluding hydrogens is 288 g/mol. The number of hydrogen-bond acceptors (Lipinski definition) is 6. The number of methoxy groups -OCH3 is 1. The van der Waals surface area contributed by atoms with E-state index in [1.165, 1.54) is 21.0 Å². The van der Waals surface area contributed by atoms with E-state index in [0.29, 0.717) is 18.4 Å². The number of hydrogen-bond donors (Lipinski definition) is 4. The summed E-state index contributed by atoms with van der Waals surface area (Å²) < 4.78 is 5.69. The van der Waals surface area contributed by atoms with E-state index in [2.05, 4.69) is 0 Å². The van der Waals surface area contributed by atoms with Gasteiger partial charge in [-0.25, -0.2) is 0 Å². The second-order valence-corrected chi connectivity index (χ2v) is 7.52. The van der Waals surface area contributed by atoms with Crippen LogP contribution >= 0.6 is 0 Å². The van der Waals surface area contributed by atoms with Crippen LogP contribution in [0.1, 0.15) is 33.6 Å². The number of carbonyl (C=O) groups excluding carboxylic acids is 1. The van der Waals surface area contributed by atoms with Crippen LogP contribution in [-0.2, 0) is 9.53 Å². The van der Waals surface area contributed by atoms with Gasteiger partial charge in [0.1, 0.15) is 5.60 Å². The van der Waals surface area contributed by atoms with Crippen molar-refractivity contribution in [2.45, 2.75) is 57.0 Å². The highest BCUT2D eigenvalue weighted by atomic mass is 16.5. The van der Waals surface area contributed by atoms with Crippen LogP contribution in [0.4, 0.5) is 0 Å². The molecular formula is C16H24O6. The summed E-state index contributed by atoms with van der Waals surface area (Å²) in [6, 6.07) is 0. The van der Waals surface area contributed by atoms with Gasteiger partial charge in [0, 0.05) is 23.7 Å². The van der Waals surface area contributed by atoms with Gasteiger partial charge < -0.3 is 25.2 Å². The molecule has 0 bridgehead atoms. The highest BCUT2D eigenvalue weighted by molar-refractivity contribution is 6.07. The van der Waals surface area contributed by atoms with Crippen molar-refractivity contribution in [3.05, 3.63) is 11.1 Å². The number of Topliss-reactive ketones (excluding diaryl/α,β-unsaturated/α-hetero) is 1. The third-order valence-electron chi connectivity index (χ3n) is 6.63. The van der Waals surface area contributed by atoms with E-state index in [-0.39, 0.29) is 5.57 Å². The van der Waals surface area contributed by atoms with Gasteiger partial charge in [-0.2, -0.15) is 0 Å². The zero-order valence-corrected chi connectivity index (χ0v) is 13.4. The van der Waals surface area contributed by atoms with Crippen LogP contribution in [0.25, 0.3) is 0 Å². The molecule has 0 aromatic rings. The Morgan fingerprint density at radius 3 is 2.14 bits per heavy atom. The standard InChI is InChI=1S/C16H24O6/c1-13(7-17)10(18)8-9(12(13)20)15(3,22-4)16(5-6-16)14(2,21)11(8)19/h10,12,17-18,20-21H,5-7H2,1-4H3/t10-,12+,13+,14-,15-/m0/s1. The van der Waals surface area contributed by atoms with Crippen molar-refractivity contribution in [1.29, 1.82) is 0 Å². The Morgan fingerprint density at radius 1 is 1.18 bits per heavy atom.